The van der Waals surface area contributed by atoms with Crippen LogP contribution >= 0.6 is 0 Å². The maximum absolute atomic E-state index is 13.1. The maximum atomic E-state index is 13.1. The number of fused-ring (bicyclic) bond motifs is 3. The van der Waals surface area contributed by atoms with Crippen LogP contribution < -0.4 is 10.6 Å². The number of hydrogen-bond acceptors (Lipinski definition) is 4. The number of carboxylic acid groups (broad SMARTS) is 1. The second-order valence-corrected chi connectivity index (χ2v) is 9.00. The molecule has 0 heterocycles. The van der Waals surface area contributed by atoms with Gasteiger partial charge in [-0.2, -0.15) is 0 Å². The van der Waals surface area contributed by atoms with Gasteiger partial charge in [0, 0.05) is 18.9 Å². The van der Waals surface area contributed by atoms with Gasteiger partial charge in [0.25, 0.3) is 0 Å². The molecule has 7 nitrogen and oxygen atoms in total. The Morgan fingerprint density at radius 2 is 1.57 bits per heavy atom. The van der Waals surface area contributed by atoms with E-state index in [1.165, 1.54) is 0 Å². The molecule has 3 N–H and O–H groups in total. The minimum Gasteiger partial charge on any atom is -0.481 e. The number of alkyl carbamates (subject to hydrolysis) is 1. The topological polar surface area (TPSA) is 105 Å². The molecule has 2 amide bonds. The molecular formula is C26H30F2N2O5. The van der Waals surface area contributed by atoms with E-state index in [4.69, 9.17) is 9.84 Å². The number of carbonyl (C=O) groups excluding carboxylic acids is 2. The van der Waals surface area contributed by atoms with E-state index >= 15 is 0 Å². The van der Waals surface area contributed by atoms with Crippen LogP contribution in [0.25, 0.3) is 11.1 Å². The zero-order valence-electron chi connectivity index (χ0n) is 19.7. The second kappa shape index (κ2) is 11.8. The Kier molecular flexibility index (Phi) is 8.78. The van der Waals surface area contributed by atoms with Gasteiger partial charge in [-0.15, -0.1) is 0 Å². The monoisotopic (exact) mass is 488 g/mol. The molecule has 0 fully saturated rings. The summed E-state index contributed by atoms with van der Waals surface area (Å²) in [7, 11) is 0. The van der Waals surface area contributed by atoms with Crippen molar-refractivity contribution in [3.8, 4) is 11.1 Å². The fraction of sp³-hybridized carbons (Fsp3) is 0.423. The number of rotatable bonds is 11. The van der Waals surface area contributed by atoms with E-state index < -0.39 is 36.9 Å². The molecule has 1 aliphatic carbocycles. The first kappa shape index (κ1) is 26.1. The van der Waals surface area contributed by atoms with Gasteiger partial charge in [-0.25, -0.2) is 13.6 Å². The predicted octanol–water partition coefficient (Wildman–Crippen LogP) is 4.41. The van der Waals surface area contributed by atoms with E-state index in [0.717, 1.165) is 22.3 Å². The molecule has 0 saturated heterocycles. The van der Waals surface area contributed by atoms with E-state index in [2.05, 4.69) is 10.6 Å². The molecule has 3 rings (SSSR count). The largest absolute Gasteiger partial charge is 0.481 e. The molecule has 0 spiro atoms. The van der Waals surface area contributed by atoms with Crippen LogP contribution in [0.1, 0.15) is 43.7 Å². The molecule has 2 atom stereocenters. The number of carbonyl (C=O) groups is 3. The van der Waals surface area contributed by atoms with Crippen molar-refractivity contribution in [2.75, 3.05) is 13.2 Å². The predicted molar refractivity (Wildman–Crippen MR) is 126 cm³/mol. The van der Waals surface area contributed by atoms with Gasteiger partial charge in [0.2, 0.25) is 12.3 Å². The number of amides is 2. The number of benzene rings is 2. The van der Waals surface area contributed by atoms with Crippen molar-refractivity contribution in [2.45, 2.75) is 45.1 Å². The first-order chi connectivity index (χ1) is 16.7. The Bertz CT molecular complexity index is 1010. The lowest BCUT2D eigenvalue weighted by atomic mass is 9.92. The van der Waals surface area contributed by atoms with Crippen molar-refractivity contribution in [1.82, 2.24) is 10.6 Å². The van der Waals surface area contributed by atoms with Crippen LogP contribution in [0.4, 0.5) is 13.6 Å². The third-order valence-electron chi connectivity index (χ3n) is 6.28. The van der Waals surface area contributed by atoms with Crippen molar-refractivity contribution in [2.24, 2.45) is 11.8 Å². The molecule has 0 aromatic heterocycles. The molecular weight excluding hydrogens is 458 g/mol. The van der Waals surface area contributed by atoms with Crippen molar-refractivity contribution >= 4 is 18.0 Å². The Hall–Kier alpha value is -3.49. The molecule has 2 aromatic carbocycles. The molecule has 188 valence electrons. The van der Waals surface area contributed by atoms with Crippen molar-refractivity contribution in [1.29, 1.82) is 0 Å². The zero-order chi connectivity index (χ0) is 25.5. The summed E-state index contributed by atoms with van der Waals surface area (Å²) in [6, 6.07) is 14.0. The van der Waals surface area contributed by atoms with Gasteiger partial charge in [0.1, 0.15) is 12.6 Å². The van der Waals surface area contributed by atoms with Gasteiger partial charge in [0.05, 0.1) is 6.42 Å². The summed E-state index contributed by atoms with van der Waals surface area (Å²) in [6.45, 7) is 3.60. The quantitative estimate of drug-likeness (QED) is 0.435. The first-order valence-electron chi connectivity index (χ1n) is 11.6. The zero-order valence-corrected chi connectivity index (χ0v) is 19.7. The van der Waals surface area contributed by atoms with Crippen LogP contribution in [0.3, 0.4) is 0 Å². The van der Waals surface area contributed by atoms with Crippen LogP contribution in [-0.2, 0) is 14.3 Å². The minimum absolute atomic E-state index is 0.00505. The SMILES string of the molecule is CC(C)C(CNC(=O)C(CC(F)F)NC(=O)OCC1c2ccccc2-c2ccccc21)CC(=O)O. The van der Waals surface area contributed by atoms with Gasteiger partial charge >= 0.3 is 12.1 Å². The number of nitrogens with one attached hydrogen (secondary N) is 2. The van der Waals surface area contributed by atoms with Gasteiger partial charge in [-0.3, -0.25) is 9.59 Å². The third-order valence-corrected chi connectivity index (χ3v) is 6.28. The molecule has 2 aromatic rings. The Morgan fingerprint density at radius 3 is 2.09 bits per heavy atom. The summed E-state index contributed by atoms with van der Waals surface area (Å²) in [6.07, 6.45) is -4.86. The summed E-state index contributed by atoms with van der Waals surface area (Å²) >= 11 is 0. The highest BCUT2D eigenvalue weighted by Crippen LogP contribution is 2.44. The van der Waals surface area contributed by atoms with Gasteiger partial charge in [-0.05, 0) is 34.1 Å². The number of carboxylic acids is 1. The van der Waals surface area contributed by atoms with Gasteiger partial charge < -0.3 is 20.5 Å². The summed E-state index contributed by atoms with van der Waals surface area (Å²) in [4.78, 5) is 36.1. The summed E-state index contributed by atoms with van der Waals surface area (Å²) in [5.74, 6) is -2.46. The summed E-state index contributed by atoms with van der Waals surface area (Å²) < 4.78 is 31.6. The molecule has 0 aliphatic heterocycles. The Balaban J connectivity index is 1.62. The van der Waals surface area contributed by atoms with Crippen LogP contribution in [0.2, 0.25) is 0 Å². The van der Waals surface area contributed by atoms with Crippen molar-refractivity contribution < 1.29 is 33.0 Å². The molecule has 0 radical (unpaired) electrons. The average molecular weight is 489 g/mol. The fourth-order valence-electron chi connectivity index (χ4n) is 4.31. The smallest absolute Gasteiger partial charge is 0.407 e. The second-order valence-electron chi connectivity index (χ2n) is 9.00. The Labute approximate surface area is 202 Å². The fourth-order valence-corrected chi connectivity index (χ4v) is 4.31. The normalized spacial score (nSPS) is 14.2. The Morgan fingerprint density at radius 1 is 1.00 bits per heavy atom. The number of alkyl halides is 2. The molecule has 9 heteroatoms. The molecule has 0 bridgehead atoms. The lowest BCUT2D eigenvalue weighted by Crippen LogP contribution is -2.49. The van der Waals surface area contributed by atoms with E-state index in [1.54, 1.807) is 0 Å². The maximum Gasteiger partial charge on any atom is 0.407 e. The molecule has 2 unspecified atom stereocenters. The number of hydrogen-bond donors (Lipinski definition) is 3. The number of halogens is 2. The van der Waals surface area contributed by atoms with Crippen LogP contribution in [0.5, 0.6) is 0 Å². The van der Waals surface area contributed by atoms with Crippen molar-refractivity contribution in [3.05, 3.63) is 59.7 Å². The van der Waals surface area contributed by atoms with E-state index in [0.29, 0.717) is 0 Å². The van der Waals surface area contributed by atoms with Crippen molar-refractivity contribution in [3.63, 3.8) is 0 Å². The van der Waals surface area contributed by atoms with Crippen LogP contribution in [-0.4, -0.2) is 48.7 Å². The molecule has 0 saturated carbocycles. The average Bonchev–Trinajstić information content (AvgIpc) is 3.13. The van der Waals surface area contributed by atoms with E-state index in [1.807, 2.05) is 62.4 Å². The van der Waals surface area contributed by atoms with E-state index in [-0.39, 0.29) is 37.3 Å². The number of aliphatic carboxylic acids is 1. The third kappa shape index (κ3) is 6.77. The lowest BCUT2D eigenvalue weighted by molar-refractivity contribution is -0.138. The van der Waals surface area contributed by atoms with Gasteiger partial charge in [0.15, 0.2) is 0 Å². The highest BCUT2D eigenvalue weighted by atomic mass is 19.3. The number of ether oxygens (including phenoxy) is 1. The van der Waals surface area contributed by atoms with E-state index in [9.17, 15) is 23.2 Å². The standard InChI is InChI=1S/C26H30F2N2O5/c1-15(2)16(11-24(31)32)13-29-25(33)22(12-23(27)28)30-26(34)35-14-21-19-9-5-3-7-17(19)18-8-4-6-10-20(18)21/h3-10,15-16,21-23H,11-14H2,1-2H3,(H,29,33)(H,30,34)(H,31,32). The summed E-state index contributed by atoms with van der Waals surface area (Å²) in [5, 5.41) is 13.8. The molecule has 35 heavy (non-hydrogen) atoms. The highest BCUT2D eigenvalue weighted by molar-refractivity contribution is 5.86. The summed E-state index contributed by atoms with van der Waals surface area (Å²) in [5.41, 5.74) is 4.10. The van der Waals surface area contributed by atoms with Crippen LogP contribution in [0, 0.1) is 11.8 Å². The first-order valence-corrected chi connectivity index (χ1v) is 11.6. The van der Waals surface area contributed by atoms with Crippen LogP contribution in [0.15, 0.2) is 48.5 Å². The molecule has 1 aliphatic rings. The lowest BCUT2D eigenvalue weighted by Gasteiger charge is -2.23. The highest BCUT2D eigenvalue weighted by Gasteiger charge is 2.31. The van der Waals surface area contributed by atoms with Gasteiger partial charge in [-0.1, -0.05) is 62.4 Å². The minimum atomic E-state index is -2.83.